The molecule has 128 valence electrons. The number of hydrogen-bond donors (Lipinski definition) is 1. The van der Waals surface area contributed by atoms with E-state index >= 15 is 0 Å². The number of nitrogens with zero attached hydrogens (tertiary/aromatic N) is 2. The van der Waals surface area contributed by atoms with Gasteiger partial charge in [-0.3, -0.25) is 4.90 Å². The predicted molar refractivity (Wildman–Crippen MR) is 89.7 cm³/mol. The minimum atomic E-state index is 0.0114. The highest BCUT2D eigenvalue weighted by molar-refractivity contribution is 5.74. The minimum Gasteiger partial charge on any atom is -0.497 e. The third-order valence-corrected chi connectivity index (χ3v) is 4.09. The van der Waals surface area contributed by atoms with E-state index in [0.29, 0.717) is 6.54 Å². The SMILES string of the molecule is COCCCN1CCN(C(=O)NCc2ccc(OC)cc2)CC1. The fourth-order valence-corrected chi connectivity index (χ4v) is 2.64. The van der Waals surface area contributed by atoms with Crippen LogP contribution in [0.4, 0.5) is 4.79 Å². The molecule has 0 radical (unpaired) electrons. The molecule has 0 saturated carbocycles. The van der Waals surface area contributed by atoms with Crippen molar-refractivity contribution in [3.8, 4) is 5.75 Å². The molecule has 2 amide bonds. The van der Waals surface area contributed by atoms with Crippen molar-refractivity contribution in [1.29, 1.82) is 0 Å². The summed E-state index contributed by atoms with van der Waals surface area (Å²) in [6.07, 6.45) is 1.04. The van der Waals surface area contributed by atoms with Crippen LogP contribution in [0.1, 0.15) is 12.0 Å². The third kappa shape index (κ3) is 5.73. The number of hydrogen-bond acceptors (Lipinski definition) is 4. The van der Waals surface area contributed by atoms with Gasteiger partial charge in [-0.05, 0) is 24.1 Å². The van der Waals surface area contributed by atoms with Crippen molar-refractivity contribution in [2.24, 2.45) is 0 Å². The number of methoxy groups -OCH3 is 2. The van der Waals surface area contributed by atoms with E-state index in [1.807, 2.05) is 29.2 Å². The topological polar surface area (TPSA) is 54.0 Å². The molecule has 1 saturated heterocycles. The molecular weight excluding hydrogens is 294 g/mol. The van der Waals surface area contributed by atoms with Crippen LogP contribution < -0.4 is 10.1 Å². The lowest BCUT2D eigenvalue weighted by molar-refractivity contribution is 0.125. The fraction of sp³-hybridized carbons (Fsp3) is 0.588. The summed E-state index contributed by atoms with van der Waals surface area (Å²) in [5, 5.41) is 2.98. The summed E-state index contributed by atoms with van der Waals surface area (Å²) in [5.41, 5.74) is 1.07. The molecular formula is C17H27N3O3. The van der Waals surface area contributed by atoms with Crippen LogP contribution in [0.15, 0.2) is 24.3 Å². The largest absolute Gasteiger partial charge is 0.497 e. The van der Waals surface area contributed by atoms with Crippen molar-refractivity contribution in [3.63, 3.8) is 0 Å². The van der Waals surface area contributed by atoms with Gasteiger partial charge in [-0.1, -0.05) is 12.1 Å². The van der Waals surface area contributed by atoms with Crippen molar-refractivity contribution in [2.45, 2.75) is 13.0 Å². The average molecular weight is 321 g/mol. The normalized spacial score (nSPS) is 15.5. The molecule has 1 aliphatic rings. The standard InChI is InChI=1S/C17H27N3O3/c1-22-13-3-8-19-9-11-20(12-10-19)17(21)18-14-15-4-6-16(23-2)7-5-15/h4-7H,3,8-14H2,1-2H3,(H,18,21). The smallest absolute Gasteiger partial charge is 0.317 e. The average Bonchev–Trinajstić information content (AvgIpc) is 2.61. The van der Waals surface area contributed by atoms with E-state index in [9.17, 15) is 4.79 Å². The van der Waals surface area contributed by atoms with Crippen LogP contribution in [-0.2, 0) is 11.3 Å². The molecule has 0 atom stereocenters. The summed E-state index contributed by atoms with van der Waals surface area (Å²) in [7, 11) is 3.37. The van der Waals surface area contributed by atoms with E-state index in [1.54, 1.807) is 14.2 Å². The number of nitrogens with one attached hydrogen (secondary N) is 1. The molecule has 0 unspecified atom stereocenters. The van der Waals surface area contributed by atoms with E-state index in [1.165, 1.54) is 0 Å². The summed E-state index contributed by atoms with van der Waals surface area (Å²) in [4.78, 5) is 16.5. The molecule has 0 bridgehead atoms. The minimum absolute atomic E-state index is 0.0114. The molecule has 23 heavy (non-hydrogen) atoms. The number of rotatable bonds is 7. The Kier molecular flexibility index (Phi) is 7.16. The maximum Gasteiger partial charge on any atom is 0.317 e. The van der Waals surface area contributed by atoms with Crippen LogP contribution in [0.2, 0.25) is 0 Å². The predicted octanol–water partition coefficient (Wildman–Crippen LogP) is 1.56. The highest BCUT2D eigenvalue weighted by Crippen LogP contribution is 2.11. The van der Waals surface area contributed by atoms with Gasteiger partial charge in [0.05, 0.1) is 7.11 Å². The second-order valence-electron chi connectivity index (χ2n) is 5.68. The fourth-order valence-electron chi connectivity index (χ4n) is 2.64. The molecule has 1 N–H and O–H groups in total. The van der Waals surface area contributed by atoms with E-state index in [2.05, 4.69) is 10.2 Å². The van der Waals surface area contributed by atoms with Gasteiger partial charge in [0.1, 0.15) is 5.75 Å². The Bertz CT molecular complexity index is 470. The number of piperazine rings is 1. The number of urea groups is 1. The van der Waals surface area contributed by atoms with E-state index in [0.717, 1.165) is 57.1 Å². The molecule has 0 aliphatic carbocycles. The molecule has 6 heteroatoms. The van der Waals surface area contributed by atoms with Crippen LogP contribution in [0.5, 0.6) is 5.75 Å². The molecule has 0 aromatic heterocycles. The number of carbonyl (C=O) groups is 1. The second kappa shape index (κ2) is 9.37. The maximum atomic E-state index is 12.2. The van der Waals surface area contributed by atoms with Gasteiger partial charge in [0.15, 0.2) is 0 Å². The van der Waals surface area contributed by atoms with Crippen molar-refractivity contribution in [1.82, 2.24) is 15.1 Å². The Morgan fingerprint density at radius 3 is 2.43 bits per heavy atom. The van der Waals surface area contributed by atoms with Crippen LogP contribution in [0.25, 0.3) is 0 Å². The lowest BCUT2D eigenvalue weighted by atomic mass is 10.2. The number of benzene rings is 1. The Morgan fingerprint density at radius 1 is 1.13 bits per heavy atom. The molecule has 6 nitrogen and oxygen atoms in total. The van der Waals surface area contributed by atoms with Crippen molar-refractivity contribution in [3.05, 3.63) is 29.8 Å². The zero-order valence-corrected chi connectivity index (χ0v) is 14.1. The monoisotopic (exact) mass is 321 g/mol. The van der Waals surface area contributed by atoms with Crippen molar-refractivity contribution >= 4 is 6.03 Å². The Labute approximate surface area is 138 Å². The Morgan fingerprint density at radius 2 is 1.83 bits per heavy atom. The number of ether oxygens (including phenoxy) is 2. The molecule has 1 aromatic carbocycles. The molecule has 0 spiro atoms. The quantitative estimate of drug-likeness (QED) is 0.775. The van der Waals surface area contributed by atoms with Crippen LogP contribution >= 0.6 is 0 Å². The van der Waals surface area contributed by atoms with Gasteiger partial charge in [-0.15, -0.1) is 0 Å². The maximum absolute atomic E-state index is 12.2. The second-order valence-corrected chi connectivity index (χ2v) is 5.68. The first kappa shape index (κ1) is 17.6. The first-order valence-corrected chi connectivity index (χ1v) is 8.10. The van der Waals surface area contributed by atoms with Gasteiger partial charge < -0.3 is 19.7 Å². The zero-order chi connectivity index (χ0) is 16.5. The first-order valence-electron chi connectivity index (χ1n) is 8.10. The summed E-state index contributed by atoms with van der Waals surface area (Å²) < 4.78 is 10.2. The van der Waals surface area contributed by atoms with E-state index in [-0.39, 0.29) is 6.03 Å². The van der Waals surface area contributed by atoms with Gasteiger partial charge in [-0.2, -0.15) is 0 Å². The van der Waals surface area contributed by atoms with Gasteiger partial charge >= 0.3 is 6.03 Å². The van der Waals surface area contributed by atoms with Gasteiger partial charge in [0.2, 0.25) is 0 Å². The van der Waals surface area contributed by atoms with Crippen LogP contribution in [-0.4, -0.2) is 69.4 Å². The zero-order valence-electron chi connectivity index (χ0n) is 14.1. The molecule has 1 aliphatic heterocycles. The lowest BCUT2D eigenvalue weighted by Gasteiger charge is -2.34. The van der Waals surface area contributed by atoms with E-state index in [4.69, 9.17) is 9.47 Å². The van der Waals surface area contributed by atoms with Crippen molar-refractivity contribution < 1.29 is 14.3 Å². The van der Waals surface area contributed by atoms with Gasteiger partial charge in [-0.25, -0.2) is 4.79 Å². The molecule has 2 rings (SSSR count). The molecule has 1 aromatic rings. The van der Waals surface area contributed by atoms with Crippen molar-refractivity contribution in [2.75, 3.05) is 53.6 Å². The van der Waals surface area contributed by atoms with Crippen LogP contribution in [0.3, 0.4) is 0 Å². The van der Waals surface area contributed by atoms with Gasteiger partial charge in [0.25, 0.3) is 0 Å². The third-order valence-electron chi connectivity index (χ3n) is 4.09. The van der Waals surface area contributed by atoms with Crippen LogP contribution in [0, 0.1) is 0 Å². The summed E-state index contributed by atoms with van der Waals surface area (Å²) in [6, 6.07) is 7.75. The number of amides is 2. The first-order chi connectivity index (χ1) is 11.2. The van der Waals surface area contributed by atoms with E-state index < -0.39 is 0 Å². The molecule has 1 heterocycles. The summed E-state index contributed by atoms with van der Waals surface area (Å²) >= 11 is 0. The number of carbonyl (C=O) groups excluding carboxylic acids is 1. The summed E-state index contributed by atoms with van der Waals surface area (Å²) in [6.45, 7) is 5.79. The highest BCUT2D eigenvalue weighted by atomic mass is 16.5. The van der Waals surface area contributed by atoms with Gasteiger partial charge in [0, 0.05) is 53.0 Å². The lowest BCUT2D eigenvalue weighted by Crippen LogP contribution is -2.51. The Balaban J connectivity index is 1.68. The highest BCUT2D eigenvalue weighted by Gasteiger charge is 2.20. The Hall–Kier alpha value is -1.79. The summed E-state index contributed by atoms with van der Waals surface area (Å²) in [5.74, 6) is 0.824. The molecule has 1 fully saturated rings.